The monoisotopic (exact) mass is 405 g/mol. The molecule has 0 bridgehead atoms. The van der Waals surface area contributed by atoms with Crippen LogP contribution in [-0.4, -0.2) is 15.9 Å². The van der Waals surface area contributed by atoms with Gasteiger partial charge in [0.1, 0.15) is 11.6 Å². The minimum atomic E-state index is -1.23. The number of nitrogens with zero attached hydrogens (tertiary/aromatic N) is 1. The van der Waals surface area contributed by atoms with Crippen molar-refractivity contribution in [3.05, 3.63) is 75.3 Å². The number of rotatable bonds is 4. The van der Waals surface area contributed by atoms with Crippen molar-refractivity contribution in [2.45, 2.75) is 31.2 Å². The van der Waals surface area contributed by atoms with E-state index >= 15 is 0 Å². The largest absolute Gasteiger partial charge is 0.347 e. The Morgan fingerprint density at radius 1 is 1.17 bits per heavy atom. The number of fused-ring (bicyclic) bond motifs is 1. The highest BCUT2D eigenvalue weighted by Crippen LogP contribution is 2.48. The van der Waals surface area contributed by atoms with Crippen molar-refractivity contribution in [3.63, 3.8) is 0 Å². The number of H-pyrrole nitrogens is 1. The molecule has 2 aromatic heterocycles. The van der Waals surface area contributed by atoms with Crippen molar-refractivity contribution in [2.75, 3.05) is 0 Å². The average molecular weight is 405 g/mol. The summed E-state index contributed by atoms with van der Waals surface area (Å²) >= 11 is 0. The maximum Gasteiger partial charge on any atom is 0.252 e. The lowest BCUT2D eigenvalue weighted by Crippen LogP contribution is -2.39. The third-order valence-electron chi connectivity index (χ3n) is 5.21. The van der Waals surface area contributed by atoms with E-state index in [2.05, 4.69) is 15.3 Å². The summed E-state index contributed by atoms with van der Waals surface area (Å²) in [6, 6.07) is 3.08. The first-order valence-corrected chi connectivity index (χ1v) is 8.86. The number of halogens is 4. The number of carbonyl (C=O) groups is 1. The zero-order valence-corrected chi connectivity index (χ0v) is 15.2. The van der Waals surface area contributed by atoms with E-state index < -0.39 is 46.2 Å². The number of benzene rings is 1. The van der Waals surface area contributed by atoms with E-state index in [-0.39, 0.29) is 22.2 Å². The number of hydrogen-bond acceptors (Lipinski definition) is 3. The first kappa shape index (κ1) is 19.1. The quantitative estimate of drug-likeness (QED) is 0.654. The van der Waals surface area contributed by atoms with Crippen molar-refractivity contribution >= 4 is 16.8 Å². The van der Waals surface area contributed by atoms with Crippen molar-refractivity contribution in [3.8, 4) is 0 Å². The molecule has 5 nitrogen and oxygen atoms in total. The maximum atomic E-state index is 14.1. The number of pyridine rings is 2. The van der Waals surface area contributed by atoms with Crippen molar-refractivity contribution in [2.24, 2.45) is 0 Å². The summed E-state index contributed by atoms with van der Waals surface area (Å²) in [7, 11) is 0. The molecular weight excluding hydrogens is 390 g/mol. The lowest BCUT2D eigenvalue weighted by Gasteiger charge is -2.20. The van der Waals surface area contributed by atoms with Crippen LogP contribution in [0.3, 0.4) is 0 Å². The van der Waals surface area contributed by atoms with Gasteiger partial charge in [-0.25, -0.2) is 17.6 Å². The highest BCUT2D eigenvalue weighted by atomic mass is 19.2. The van der Waals surface area contributed by atoms with Gasteiger partial charge in [-0.15, -0.1) is 0 Å². The molecular formula is C20H15F4N3O2. The SMILES string of the molecule is C[C@H](NC(=O)C1(c2cc3c(F)c(F)ccc3[nH]c2=O)CC1)c1ncc(F)cc1F. The van der Waals surface area contributed by atoms with E-state index in [1.807, 2.05) is 0 Å². The number of aromatic nitrogens is 2. The van der Waals surface area contributed by atoms with Crippen LogP contribution < -0.4 is 10.9 Å². The van der Waals surface area contributed by atoms with Crippen LogP contribution in [0.25, 0.3) is 10.9 Å². The Morgan fingerprint density at radius 3 is 2.55 bits per heavy atom. The average Bonchev–Trinajstić information content (AvgIpc) is 3.46. The fourth-order valence-corrected chi connectivity index (χ4v) is 3.46. The Morgan fingerprint density at radius 2 is 1.90 bits per heavy atom. The first-order chi connectivity index (χ1) is 13.7. The van der Waals surface area contributed by atoms with E-state index in [0.29, 0.717) is 18.9 Å². The lowest BCUT2D eigenvalue weighted by atomic mass is 9.94. The van der Waals surface area contributed by atoms with Gasteiger partial charge in [0.2, 0.25) is 5.91 Å². The summed E-state index contributed by atoms with van der Waals surface area (Å²) in [5, 5.41) is 2.43. The summed E-state index contributed by atoms with van der Waals surface area (Å²) in [5.41, 5.74) is -1.86. The zero-order valence-electron chi connectivity index (χ0n) is 15.2. The molecule has 1 atom stereocenters. The summed E-state index contributed by atoms with van der Waals surface area (Å²) in [6.45, 7) is 1.47. The van der Waals surface area contributed by atoms with E-state index in [1.165, 1.54) is 19.1 Å². The smallest absolute Gasteiger partial charge is 0.252 e. The second kappa shape index (κ2) is 6.68. The van der Waals surface area contributed by atoms with E-state index in [4.69, 9.17) is 0 Å². The molecule has 1 amide bonds. The molecule has 1 fully saturated rings. The van der Waals surface area contributed by atoms with Crippen LogP contribution in [0.5, 0.6) is 0 Å². The molecule has 1 saturated carbocycles. The standard InChI is InChI=1S/C20H15F4N3O2/c1-9(17-14(23)6-10(21)8-25-17)26-19(29)20(4-5-20)12-7-11-15(27-18(12)28)3-2-13(22)16(11)24/h2-3,6-9H,4-5H2,1H3,(H,26,29)(H,27,28)/t9-/m0/s1. The normalized spacial score (nSPS) is 15.9. The van der Waals surface area contributed by atoms with Crippen LogP contribution in [0, 0.1) is 23.3 Å². The van der Waals surface area contributed by atoms with Gasteiger partial charge in [0.05, 0.1) is 28.9 Å². The molecule has 4 rings (SSSR count). The predicted octanol–water partition coefficient (Wildman–Crippen LogP) is 3.39. The Kier molecular flexibility index (Phi) is 4.40. The van der Waals surface area contributed by atoms with Crippen LogP contribution in [0.4, 0.5) is 17.6 Å². The van der Waals surface area contributed by atoms with Gasteiger partial charge in [-0.2, -0.15) is 0 Å². The number of nitrogens with one attached hydrogen (secondary N) is 2. The molecule has 9 heteroatoms. The van der Waals surface area contributed by atoms with Gasteiger partial charge in [-0.05, 0) is 38.0 Å². The molecule has 2 heterocycles. The number of hydrogen-bond donors (Lipinski definition) is 2. The minimum absolute atomic E-state index is 0.00624. The topological polar surface area (TPSA) is 74.8 Å². The summed E-state index contributed by atoms with van der Waals surface area (Å²) in [4.78, 5) is 31.5. The Labute approximate surface area is 161 Å². The summed E-state index contributed by atoms with van der Waals surface area (Å²) in [6.07, 6.45) is 1.46. The van der Waals surface area contributed by atoms with Gasteiger partial charge in [-0.3, -0.25) is 14.6 Å². The van der Waals surface area contributed by atoms with Crippen molar-refractivity contribution < 1.29 is 22.4 Å². The van der Waals surface area contributed by atoms with Gasteiger partial charge in [0.15, 0.2) is 11.6 Å². The third-order valence-corrected chi connectivity index (χ3v) is 5.21. The summed E-state index contributed by atoms with van der Waals surface area (Å²) < 4.78 is 54.7. The van der Waals surface area contributed by atoms with Crippen LogP contribution in [0.1, 0.15) is 37.1 Å². The fourth-order valence-electron chi connectivity index (χ4n) is 3.46. The van der Waals surface area contributed by atoms with Gasteiger partial charge < -0.3 is 10.3 Å². The van der Waals surface area contributed by atoms with Gasteiger partial charge in [0.25, 0.3) is 5.56 Å². The second-order valence-corrected chi connectivity index (χ2v) is 7.13. The second-order valence-electron chi connectivity index (χ2n) is 7.13. The molecule has 3 aromatic rings. The predicted molar refractivity (Wildman–Crippen MR) is 96.1 cm³/mol. The van der Waals surface area contributed by atoms with E-state index in [1.54, 1.807) is 0 Å². The molecule has 0 radical (unpaired) electrons. The van der Waals surface area contributed by atoms with Gasteiger partial charge in [0, 0.05) is 17.0 Å². The first-order valence-electron chi connectivity index (χ1n) is 8.86. The number of amides is 1. The van der Waals surface area contributed by atoms with Crippen LogP contribution in [0.15, 0.2) is 35.3 Å². The zero-order chi connectivity index (χ0) is 20.9. The third kappa shape index (κ3) is 3.16. The van der Waals surface area contributed by atoms with Crippen LogP contribution >= 0.6 is 0 Å². The highest BCUT2D eigenvalue weighted by molar-refractivity contribution is 5.93. The molecule has 1 aliphatic carbocycles. The molecule has 1 aliphatic rings. The lowest BCUT2D eigenvalue weighted by molar-refractivity contribution is -0.124. The van der Waals surface area contributed by atoms with Crippen LogP contribution in [0.2, 0.25) is 0 Å². The Bertz CT molecular complexity index is 1200. The maximum absolute atomic E-state index is 14.1. The molecule has 2 N–H and O–H groups in total. The molecule has 29 heavy (non-hydrogen) atoms. The molecule has 0 unspecified atom stereocenters. The molecule has 1 aromatic carbocycles. The Hall–Kier alpha value is -3.23. The van der Waals surface area contributed by atoms with E-state index in [0.717, 1.165) is 12.3 Å². The molecule has 0 aliphatic heterocycles. The Balaban J connectivity index is 1.68. The van der Waals surface area contributed by atoms with Crippen LogP contribution in [-0.2, 0) is 10.2 Å². The molecule has 0 saturated heterocycles. The van der Waals surface area contributed by atoms with Gasteiger partial charge in [-0.1, -0.05) is 0 Å². The number of aromatic amines is 1. The fraction of sp³-hybridized carbons (Fsp3) is 0.250. The summed E-state index contributed by atoms with van der Waals surface area (Å²) in [5.74, 6) is -4.53. The molecule has 150 valence electrons. The molecule has 0 spiro atoms. The number of carbonyl (C=O) groups excluding carboxylic acids is 1. The van der Waals surface area contributed by atoms with E-state index in [9.17, 15) is 27.2 Å². The van der Waals surface area contributed by atoms with Crippen molar-refractivity contribution in [1.82, 2.24) is 15.3 Å². The van der Waals surface area contributed by atoms with Crippen molar-refractivity contribution in [1.29, 1.82) is 0 Å². The highest BCUT2D eigenvalue weighted by Gasteiger charge is 2.53. The van der Waals surface area contributed by atoms with Gasteiger partial charge >= 0.3 is 0 Å². The minimum Gasteiger partial charge on any atom is -0.347 e.